The molecule has 0 aromatic heterocycles. The number of rotatable bonds is 8. The highest BCUT2D eigenvalue weighted by Crippen LogP contribution is 2.25. The number of piperidine rings is 1. The lowest BCUT2D eigenvalue weighted by Crippen LogP contribution is -2.40. The first-order chi connectivity index (χ1) is 16.0. The van der Waals surface area contributed by atoms with Crippen LogP contribution in [0.25, 0.3) is 0 Å². The summed E-state index contributed by atoms with van der Waals surface area (Å²) in [5, 5.41) is 0.653. The fourth-order valence-electron chi connectivity index (χ4n) is 5.05. The van der Waals surface area contributed by atoms with Crippen molar-refractivity contribution in [3.63, 3.8) is 0 Å². The van der Waals surface area contributed by atoms with Gasteiger partial charge in [-0.3, -0.25) is 9.59 Å². The summed E-state index contributed by atoms with van der Waals surface area (Å²) in [6.45, 7) is 4.37. The number of likely N-dealkylation sites (tertiary alicyclic amines) is 2. The summed E-state index contributed by atoms with van der Waals surface area (Å²) in [6.07, 6.45) is 4.83. The second kappa shape index (κ2) is 11.2. The molecular weight excluding hydrogens is 434 g/mol. The fourth-order valence-corrected chi connectivity index (χ4v) is 5.18. The van der Waals surface area contributed by atoms with Gasteiger partial charge in [-0.2, -0.15) is 0 Å². The van der Waals surface area contributed by atoms with Gasteiger partial charge >= 0.3 is 0 Å². The molecule has 2 fully saturated rings. The van der Waals surface area contributed by atoms with Gasteiger partial charge in [-0.05, 0) is 81.1 Å². The lowest BCUT2D eigenvalue weighted by molar-refractivity contribution is -0.127. The summed E-state index contributed by atoms with van der Waals surface area (Å²) in [5.41, 5.74) is 2.29. The molecule has 0 saturated carbocycles. The standard InChI is InChI=1S/C27H34ClN3O2/c1-29-20-23(19-26(29)32)27(33)31(25-10-8-24(28)9-11-25)15-5-14-30-16-12-22(13-17-30)18-21-6-3-2-4-7-21/h2-4,6-11,22-23H,5,12-20H2,1H3. The topological polar surface area (TPSA) is 43.9 Å². The zero-order valence-electron chi connectivity index (χ0n) is 19.5. The molecule has 2 saturated heterocycles. The highest BCUT2D eigenvalue weighted by molar-refractivity contribution is 6.30. The Kier molecular flexibility index (Phi) is 8.05. The summed E-state index contributed by atoms with van der Waals surface area (Å²) in [6, 6.07) is 18.2. The zero-order valence-corrected chi connectivity index (χ0v) is 20.2. The van der Waals surface area contributed by atoms with Crippen molar-refractivity contribution in [1.82, 2.24) is 9.80 Å². The molecule has 0 radical (unpaired) electrons. The molecular formula is C27H34ClN3O2. The molecule has 176 valence electrons. The van der Waals surface area contributed by atoms with Crippen LogP contribution in [0.4, 0.5) is 5.69 Å². The van der Waals surface area contributed by atoms with Gasteiger partial charge in [-0.1, -0.05) is 41.9 Å². The average Bonchev–Trinajstić information content (AvgIpc) is 3.17. The largest absolute Gasteiger partial charge is 0.345 e. The van der Waals surface area contributed by atoms with E-state index in [1.165, 1.54) is 24.8 Å². The van der Waals surface area contributed by atoms with Crippen LogP contribution in [0.2, 0.25) is 5.02 Å². The minimum absolute atomic E-state index is 0.0385. The Morgan fingerprint density at radius 2 is 1.76 bits per heavy atom. The minimum Gasteiger partial charge on any atom is -0.345 e. The average molecular weight is 468 g/mol. The Hall–Kier alpha value is -2.37. The Balaban J connectivity index is 1.29. The SMILES string of the molecule is CN1CC(C(=O)N(CCCN2CCC(Cc3ccccc3)CC2)c2ccc(Cl)cc2)CC1=O. The second-order valence-corrected chi connectivity index (χ2v) is 9.91. The molecule has 0 bridgehead atoms. The van der Waals surface area contributed by atoms with Crippen LogP contribution in [-0.4, -0.2) is 61.4 Å². The van der Waals surface area contributed by atoms with Crippen LogP contribution in [0.15, 0.2) is 54.6 Å². The maximum absolute atomic E-state index is 13.3. The van der Waals surface area contributed by atoms with Crippen molar-refractivity contribution >= 4 is 29.1 Å². The Morgan fingerprint density at radius 3 is 2.39 bits per heavy atom. The number of benzene rings is 2. The van der Waals surface area contributed by atoms with Crippen LogP contribution < -0.4 is 4.90 Å². The number of nitrogens with zero attached hydrogens (tertiary/aromatic N) is 3. The quantitative estimate of drug-likeness (QED) is 0.574. The van der Waals surface area contributed by atoms with Gasteiger partial charge in [0.25, 0.3) is 0 Å². The zero-order chi connectivity index (χ0) is 23.2. The normalized spacial score (nSPS) is 19.8. The monoisotopic (exact) mass is 467 g/mol. The van der Waals surface area contributed by atoms with Crippen molar-refractivity contribution in [2.75, 3.05) is 44.7 Å². The van der Waals surface area contributed by atoms with E-state index in [1.54, 1.807) is 11.9 Å². The van der Waals surface area contributed by atoms with Gasteiger partial charge in [0.2, 0.25) is 11.8 Å². The first-order valence-electron chi connectivity index (χ1n) is 12.1. The van der Waals surface area contributed by atoms with Crippen molar-refractivity contribution in [3.05, 3.63) is 65.2 Å². The molecule has 2 aliphatic rings. The van der Waals surface area contributed by atoms with Gasteiger partial charge in [0.15, 0.2) is 0 Å². The van der Waals surface area contributed by atoms with Crippen molar-refractivity contribution in [3.8, 4) is 0 Å². The van der Waals surface area contributed by atoms with Crippen LogP contribution in [-0.2, 0) is 16.0 Å². The van der Waals surface area contributed by atoms with Crippen molar-refractivity contribution in [1.29, 1.82) is 0 Å². The second-order valence-electron chi connectivity index (χ2n) is 9.47. The predicted octanol–water partition coefficient (Wildman–Crippen LogP) is 4.50. The van der Waals surface area contributed by atoms with Gasteiger partial charge in [0.05, 0.1) is 5.92 Å². The van der Waals surface area contributed by atoms with E-state index in [4.69, 9.17) is 11.6 Å². The molecule has 6 heteroatoms. The number of amides is 2. The van der Waals surface area contributed by atoms with Crippen LogP contribution in [0, 0.1) is 11.8 Å². The molecule has 5 nitrogen and oxygen atoms in total. The van der Waals surface area contributed by atoms with E-state index in [0.29, 0.717) is 24.5 Å². The number of hydrogen-bond donors (Lipinski definition) is 0. The van der Waals surface area contributed by atoms with Gasteiger partial charge in [-0.25, -0.2) is 0 Å². The lowest BCUT2D eigenvalue weighted by Gasteiger charge is -2.33. The van der Waals surface area contributed by atoms with E-state index in [-0.39, 0.29) is 17.7 Å². The maximum atomic E-state index is 13.3. The number of carbonyl (C=O) groups is 2. The molecule has 2 aromatic carbocycles. The van der Waals surface area contributed by atoms with Crippen LogP contribution in [0.3, 0.4) is 0 Å². The molecule has 0 N–H and O–H groups in total. The molecule has 33 heavy (non-hydrogen) atoms. The highest BCUT2D eigenvalue weighted by atomic mass is 35.5. The smallest absolute Gasteiger partial charge is 0.232 e. The molecule has 1 unspecified atom stereocenters. The van der Waals surface area contributed by atoms with Crippen LogP contribution >= 0.6 is 11.6 Å². The van der Waals surface area contributed by atoms with Gasteiger partial charge in [0, 0.05) is 37.3 Å². The summed E-state index contributed by atoms with van der Waals surface area (Å²) in [7, 11) is 1.77. The molecule has 2 aromatic rings. The lowest BCUT2D eigenvalue weighted by atomic mass is 9.90. The molecule has 4 rings (SSSR count). The Labute approximate surface area is 202 Å². The first-order valence-corrected chi connectivity index (χ1v) is 12.4. The molecule has 0 aliphatic carbocycles. The molecule has 2 amide bonds. The fraction of sp³-hybridized carbons (Fsp3) is 0.481. The summed E-state index contributed by atoms with van der Waals surface area (Å²) < 4.78 is 0. The molecule has 2 heterocycles. The summed E-state index contributed by atoms with van der Waals surface area (Å²) in [4.78, 5) is 31.3. The third kappa shape index (κ3) is 6.36. The minimum atomic E-state index is -0.271. The van der Waals surface area contributed by atoms with Gasteiger partial charge in [-0.15, -0.1) is 0 Å². The third-order valence-corrected chi connectivity index (χ3v) is 7.28. The van der Waals surface area contributed by atoms with Crippen molar-refractivity contribution < 1.29 is 9.59 Å². The van der Waals surface area contributed by atoms with E-state index in [2.05, 4.69) is 35.2 Å². The summed E-state index contributed by atoms with van der Waals surface area (Å²) in [5.74, 6) is 0.568. The number of carbonyl (C=O) groups excluding carboxylic acids is 2. The van der Waals surface area contributed by atoms with Gasteiger partial charge < -0.3 is 14.7 Å². The highest BCUT2D eigenvalue weighted by Gasteiger charge is 2.35. The van der Waals surface area contributed by atoms with E-state index < -0.39 is 0 Å². The molecule has 2 aliphatic heterocycles. The van der Waals surface area contributed by atoms with E-state index in [9.17, 15) is 9.59 Å². The number of hydrogen-bond acceptors (Lipinski definition) is 3. The number of halogens is 1. The van der Waals surface area contributed by atoms with Crippen LogP contribution in [0.5, 0.6) is 0 Å². The molecule has 1 atom stereocenters. The van der Waals surface area contributed by atoms with E-state index in [1.807, 2.05) is 29.2 Å². The van der Waals surface area contributed by atoms with Crippen LogP contribution in [0.1, 0.15) is 31.2 Å². The van der Waals surface area contributed by atoms with Gasteiger partial charge in [0.1, 0.15) is 0 Å². The van der Waals surface area contributed by atoms with E-state index >= 15 is 0 Å². The Morgan fingerprint density at radius 1 is 1.06 bits per heavy atom. The maximum Gasteiger partial charge on any atom is 0.232 e. The molecule has 0 spiro atoms. The van der Waals surface area contributed by atoms with Crippen molar-refractivity contribution in [2.45, 2.75) is 32.1 Å². The third-order valence-electron chi connectivity index (χ3n) is 7.03. The van der Waals surface area contributed by atoms with Crippen molar-refractivity contribution in [2.24, 2.45) is 11.8 Å². The predicted molar refractivity (Wildman–Crippen MR) is 133 cm³/mol. The first kappa shape index (κ1) is 23.8. The Bertz CT molecular complexity index is 926. The van der Waals surface area contributed by atoms with E-state index in [0.717, 1.165) is 37.7 Å². The summed E-state index contributed by atoms with van der Waals surface area (Å²) >= 11 is 6.07. The number of anilines is 1.